The number of amides is 1. The predicted octanol–water partition coefficient (Wildman–Crippen LogP) is 2.92. The molecule has 0 unspecified atom stereocenters. The van der Waals surface area contributed by atoms with E-state index in [1.807, 2.05) is 0 Å². The van der Waals surface area contributed by atoms with Crippen molar-refractivity contribution in [2.24, 2.45) is 0 Å². The Morgan fingerprint density at radius 1 is 1.16 bits per heavy atom. The minimum absolute atomic E-state index is 0.00426. The van der Waals surface area contributed by atoms with E-state index in [4.69, 9.17) is 11.6 Å². The maximum absolute atomic E-state index is 13.7. The predicted molar refractivity (Wildman–Crippen MR) is 96.6 cm³/mol. The molecular formula is C17H18ClFN2O3S. The van der Waals surface area contributed by atoms with Crippen LogP contribution in [0.2, 0.25) is 5.02 Å². The normalized spacial score (nSPS) is 11.5. The molecule has 1 amide bonds. The first-order valence-corrected chi connectivity index (χ1v) is 9.73. The Kier molecular flexibility index (Phi) is 6.52. The van der Waals surface area contributed by atoms with Gasteiger partial charge < -0.3 is 5.32 Å². The molecule has 1 N–H and O–H groups in total. The summed E-state index contributed by atoms with van der Waals surface area (Å²) in [5, 5.41) is 2.93. The van der Waals surface area contributed by atoms with Gasteiger partial charge in [0.05, 0.1) is 23.5 Å². The lowest BCUT2D eigenvalue weighted by Gasteiger charge is -2.20. The highest BCUT2D eigenvalue weighted by atomic mass is 35.5. The summed E-state index contributed by atoms with van der Waals surface area (Å²) < 4.78 is 38.5. The van der Waals surface area contributed by atoms with E-state index in [-0.39, 0.29) is 19.5 Å². The van der Waals surface area contributed by atoms with Gasteiger partial charge in [-0.15, -0.1) is 0 Å². The number of nitrogens with zero attached hydrogens (tertiary/aromatic N) is 1. The number of hydrogen-bond donors (Lipinski definition) is 1. The van der Waals surface area contributed by atoms with Crippen LogP contribution in [0.15, 0.2) is 48.5 Å². The van der Waals surface area contributed by atoms with Crippen LogP contribution in [-0.4, -0.2) is 38.0 Å². The van der Waals surface area contributed by atoms with Gasteiger partial charge in [-0.25, -0.2) is 12.8 Å². The summed E-state index contributed by atoms with van der Waals surface area (Å²) >= 11 is 5.97. The van der Waals surface area contributed by atoms with E-state index < -0.39 is 21.7 Å². The van der Waals surface area contributed by atoms with Crippen LogP contribution in [0.25, 0.3) is 0 Å². The Hall–Kier alpha value is -1.96. The molecule has 0 heterocycles. The Labute approximate surface area is 151 Å². The highest BCUT2D eigenvalue weighted by Gasteiger charge is 2.21. The number of anilines is 1. The number of halogens is 2. The highest BCUT2D eigenvalue weighted by molar-refractivity contribution is 7.88. The largest absolute Gasteiger partial charge is 0.324 e. The fourth-order valence-corrected chi connectivity index (χ4v) is 3.18. The molecule has 0 aliphatic rings. The van der Waals surface area contributed by atoms with Crippen molar-refractivity contribution in [2.75, 3.05) is 24.7 Å². The molecule has 0 saturated carbocycles. The molecule has 134 valence electrons. The molecule has 0 aromatic heterocycles. The molecule has 0 aliphatic carbocycles. The average Bonchev–Trinajstić information content (AvgIpc) is 2.54. The maximum Gasteiger partial charge on any atom is 0.239 e. The van der Waals surface area contributed by atoms with Crippen LogP contribution in [-0.2, 0) is 21.2 Å². The smallest absolute Gasteiger partial charge is 0.239 e. The van der Waals surface area contributed by atoms with E-state index in [0.717, 1.165) is 10.6 Å². The fraction of sp³-hybridized carbons (Fsp3) is 0.235. The topological polar surface area (TPSA) is 66.5 Å². The maximum atomic E-state index is 13.7. The molecule has 25 heavy (non-hydrogen) atoms. The zero-order valence-corrected chi connectivity index (χ0v) is 15.1. The van der Waals surface area contributed by atoms with Gasteiger partial charge in [-0.2, -0.15) is 4.31 Å². The van der Waals surface area contributed by atoms with Gasteiger partial charge >= 0.3 is 0 Å². The van der Waals surface area contributed by atoms with E-state index in [2.05, 4.69) is 5.32 Å². The molecule has 5 nitrogen and oxygen atoms in total. The lowest BCUT2D eigenvalue weighted by Crippen LogP contribution is -2.38. The van der Waals surface area contributed by atoms with Gasteiger partial charge in [-0.3, -0.25) is 4.79 Å². The molecule has 0 spiro atoms. The number of sulfonamides is 1. The van der Waals surface area contributed by atoms with Gasteiger partial charge in [0.1, 0.15) is 5.82 Å². The minimum atomic E-state index is -3.63. The summed E-state index contributed by atoms with van der Waals surface area (Å²) in [6.45, 7) is -0.381. The van der Waals surface area contributed by atoms with Crippen LogP contribution in [0.3, 0.4) is 0 Å². The van der Waals surface area contributed by atoms with E-state index >= 15 is 0 Å². The lowest BCUT2D eigenvalue weighted by molar-refractivity contribution is -0.116. The summed E-state index contributed by atoms with van der Waals surface area (Å²) in [6, 6.07) is 12.8. The first-order chi connectivity index (χ1) is 11.8. The summed E-state index contributed by atoms with van der Waals surface area (Å²) in [4.78, 5) is 12.2. The number of nitrogens with one attached hydrogen (secondary N) is 1. The Balaban J connectivity index is 2.04. The number of carbonyl (C=O) groups excluding carboxylic acids is 1. The first kappa shape index (κ1) is 19.4. The van der Waals surface area contributed by atoms with Crippen molar-refractivity contribution in [1.29, 1.82) is 0 Å². The van der Waals surface area contributed by atoms with Crippen LogP contribution in [0.4, 0.5) is 10.1 Å². The van der Waals surface area contributed by atoms with Crippen LogP contribution in [0.5, 0.6) is 0 Å². The molecule has 0 atom stereocenters. The molecule has 2 rings (SSSR count). The molecule has 2 aromatic carbocycles. The summed E-state index contributed by atoms with van der Waals surface area (Å²) in [6.07, 6.45) is 1.18. The minimum Gasteiger partial charge on any atom is -0.324 e. The molecule has 0 radical (unpaired) electrons. The highest BCUT2D eigenvalue weighted by Crippen LogP contribution is 2.20. The number of para-hydroxylation sites is 1. The zero-order valence-electron chi connectivity index (χ0n) is 13.6. The van der Waals surface area contributed by atoms with Crippen molar-refractivity contribution in [3.05, 3.63) is 64.9 Å². The van der Waals surface area contributed by atoms with E-state index in [1.54, 1.807) is 42.5 Å². The van der Waals surface area contributed by atoms with Crippen molar-refractivity contribution in [3.63, 3.8) is 0 Å². The number of rotatable bonds is 7. The van der Waals surface area contributed by atoms with Gasteiger partial charge in [-0.1, -0.05) is 41.9 Å². The van der Waals surface area contributed by atoms with Gasteiger partial charge in [0.15, 0.2) is 0 Å². The molecule has 0 fully saturated rings. The molecule has 0 saturated heterocycles. The zero-order chi connectivity index (χ0) is 18.4. The van der Waals surface area contributed by atoms with E-state index in [1.165, 1.54) is 6.07 Å². The Morgan fingerprint density at radius 2 is 1.80 bits per heavy atom. The van der Waals surface area contributed by atoms with Crippen LogP contribution >= 0.6 is 11.6 Å². The average molecular weight is 385 g/mol. The second-order valence-electron chi connectivity index (χ2n) is 5.47. The van der Waals surface area contributed by atoms with Crippen LogP contribution in [0.1, 0.15) is 5.56 Å². The second-order valence-corrected chi connectivity index (χ2v) is 7.86. The number of hydrogen-bond acceptors (Lipinski definition) is 3. The molecule has 8 heteroatoms. The molecule has 0 aliphatic heterocycles. The van der Waals surface area contributed by atoms with Crippen LogP contribution in [0, 0.1) is 5.82 Å². The van der Waals surface area contributed by atoms with Crippen LogP contribution < -0.4 is 5.32 Å². The lowest BCUT2D eigenvalue weighted by atomic mass is 10.1. The van der Waals surface area contributed by atoms with Crippen molar-refractivity contribution < 1.29 is 17.6 Å². The standard InChI is InChI=1S/C17H18ClFN2O3S/c1-25(23,24)21(11-10-13-6-2-4-8-15(13)19)12-17(22)20-16-9-5-3-7-14(16)18/h2-9H,10-12H2,1H3,(H,20,22). The van der Waals surface area contributed by atoms with E-state index in [0.29, 0.717) is 16.3 Å². The molecule has 2 aromatic rings. The molecule has 0 bridgehead atoms. The summed E-state index contributed by atoms with van der Waals surface area (Å²) in [5.41, 5.74) is 0.791. The monoisotopic (exact) mass is 384 g/mol. The van der Waals surface area contributed by atoms with Gasteiger partial charge in [0.25, 0.3) is 0 Å². The SMILES string of the molecule is CS(=O)(=O)N(CCc1ccccc1F)CC(=O)Nc1ccccc1Cl. The summed E-state index contributed by atoms with van der Waals surface area (Å²) in [5.74, 6) is -0.927. The van der Waals surface area contributed by atoms with Gasteiger partial charge in [0, 0.05) is 6.54 Å². The number of carbonyl (C=O) groups is 1. The fourth-order valence-electron chi connectivity index (χ4n) is 2.22. The number of benzene rings is 2. The third-order valence-corrected chi connectivity index (χ3v) is 5.10. The molecular weight excluding hydrogens is 367 g/mol. The Morgan fingerprint density at radius 3 is 2.44 bits per heavy atom. The van der Waals surface area contributed by atoms with Gasteiger partial charge in [0.2, 0.25) is 15.9 Å². The quantitative estimate of drug-likeness (QED) is 0.798. The van der Waals surface area contributed by atoms with Gasteiger partial charge in [-0.05, 0) is 30.2 Å². The summed E-state index contributed by atoms with van der Waals surface area (Å²) in [7, 11) is -3.63. The Bertz CT molecular complexity index is 858. The first-order valence-electron chi connectivity index (χ1n) is 7.50. The second kappa shape index (κ2) is 8.42. The third kappa shape index (κ3) is 5.81. The van der Waals surface area contributed by atoms with Crippen molar-refractivity contribution in [3.8, 4) is 0 Å². The van der Waals surface area contributed by atoms with Crippen molar-refractivity contribution >= 4 is 33.2 Å². The van der Waals surface area contributed by atoms with E-state index in [9.17, 15) is 17.6 Å². The van der Waals surface area contributed by atoms with Crippen molar-refractivity contribution in [1.82, 2.24) is 4.31 Å². The van der Waals surface area contributed by atoms with Crippen molar-refractivity contribution in [2.45, 2.75) is 6.42 Å². The third-order valence-electron chi connectivity index (χ3n) is 3.53.